The van der Waals surface area contributed by atoms with Crippen LogP contribution in [0.1, 0.15) is 24.6 Å². The van der Waals surface area contributed by atoms with E-state index in [1.807, 2.05) is 44.4 Å². The number of hydrogen-bond acceptors (Lipinski definition) is 6. The highest BCUT2D eigenvalue weighted by Gasteiger charge is 2.66. The average Bonchev–Trinajstić information content (AvgIpc) is 3.38. The van der Waals surface area contributed by atoms with Gasteiger partial charge in [0, 0.05) is 53.8 Å². The number of aliphatic hydroxyl groups excluding tert-OH is 1. The molecule has 2 aliphatic heterocycles. The Balaban J connectivity index is 1.70. The number of amides is 1. The molecular weight excluding hydrogens is 504 g/mol. The minimum atomic E-state index is -2.70. The Hall–Kier alpha value is -1.85. The summed E-state index contributed by atoms with van der Waals surface area (Å²) in [6.07, 6.45) is 4.28. The first-order valence-corrected chi connectivity index (χ1v) is 15.1. The lowest BCUT2D eigenvalue weighted by molar-refractivity contribution is -0.145. The van der Waals surface area contributed by atoms with Gasteiger partial charge >= 0.3 is 0 Å². The van der Waals surface area contributed by atoms with Crippen LogP contribution in [0.25, 0.3) is 0 Å². The van der Waals surface area contributed by atoms with Crippen molar-refractivity contribution in [3.63, 3.8) is 0 Å². The van der Waals surface area contributed by atoms with Crippen molar-refractivity contribution in [2.75, 3.05) is 18.1 Å². The third-order valence-corrected chi connectivity index (χ3v) is 9.85. The second kappa shape index (κ2) is 9.07. The third-order valence-electron chi connectivity index (χ3n) is 6.85. The van der Waals surface area contributed by atoms with Gasteiger partial charge in [0.1, 0.15) is 0 Å². The average molecular weight is 536 g/mol. The van der Waals surface area contributed by atoms with Gasteiger partial charge in [-0.3, -0.25) is 9.48 Å². The quantitative estimate of drug-likeness (QED) is 0.398. The molecule has 4 atom stereocenters. The molecule has 0 saturated carbocycles. The molecule has 2 aromatic rings. The van der Waals surface area contributed by atoms with E-state index in [0.29, 0.717) is 25.9 Å². The van der Waals surface area contributed by atoms with Crippen molar-refractivity contribution in [1.29, 1.82) is 0 Å². The Morgan fingerprint density at radius 2 is 2.15 bits per heavy atom. The molecule has 178 valence electrons. The fourth-order valence-corrected chi connectivity index (χ4v) is 8.53. The normalized spacial score (nSPS) is 26.9. The molecule has 1 fully saturated rings. The van der Waals surface area contributed by atoms with Crippen LogP contribution in [0.4, 0.5) is 5.69 Å². The third kappa shape index (κ3) is 4.12. The van der Waals surface area contributed by atoms with Gasteiger partial charge in [0.25, 0.3) is 5.91 Å². The highest BCUT2D eigenvalue weighted by Crippen LogP contribution is 2.59. The van der Waals surface area contributed by atoms with E-state index in [0.717, 1.165) is 21.4 Å². The van der Waals surface area contributed by atoms with E-state index in [1.165, 1.54) is 0 Å². The monoisotopic (exact) mass is 534 g/mol. The van der Waals surface area contributed by atoms with Crippen molar-refractivity contribution in [1.82, 2.24) is 15.0 Å². The van der Waals surface area contributed by atoms with Crippen LogP contribution in [0.2, 0.25) is 18.6 Å². The maximum absolute atomic E-state index is 13.9. The van der Waals surface area contributed by atoms with Gasteiger partial charge in [0.05, 0.1) is 17.5 Å². The molecule has 1 amide bonds. The first kappa shape index (κ1) is 24.3. The van der Waals surface area contributed by atoms with Crippen LogP contribution in [0.5, 0.6) is 0 Å². The van der Waals surface area contributed by atoms with Crippen LogP contribution < -0.4 is 4.90 Å². The summed E-state index contributed by atoms with van der Waals surface area (Å²) in [5.74, 6) is -0.301. The van der Waals surface area contributed by atoms with E-state index in [2.05, 4.69) is 32.8 Å². The van der Waals surface area contributed by atoms with Crippen LogP contribution in [-0.2, 0) is 28.1 Å². The largest absolute Gasteiger partial charge is 0.432 e. The van der Waals surface area contributed by atoms with Crippen molar-refractivity contribution in [2.24, 2.45) is 5.92 Å². The van der Waals surface area contributed by atoms with Crippen molar-refractivity contribution in [3.05, 3.63) is 52.8 Å². The number of fused-ring (bicyclic) bond motifs is 2. The van der Waals surface area contributed by atoms with Gasteiger partial charge in [0.2, 0.25) is 0 Å². The number of carbonyl (C=O) groups excluding carboxylic acids is 1. The fourth-order valence-electron chi connectivity index (χ4n) is 5.57. The molecule has 10 heteroatoms. The summed E-state index contributed by atoms with van der Waals surface area (Å²) < 4.78 is 9.35. The minimum absolute atomic E-state index is 0.0229. The Labute approximate surface area is 203 Å². The molecule has 33 heavy (non-hydrogen) atoms. The van der Waals surface area contributed by atoms with Gasteiger partial charge in [0.15, 0.2) is 13.9 Å². The molecule has 1 aromatic heterocycles. The number of aliphatic hydroxyl groups is 1. The predicted octanol–water partition coefficient (Wildman–Crippen LogP) is 3.00. The lowest BCUT2D eigenvalue weighted by Gasteiger charge is -2.32. The van der Waals surface area contributed by atoms with Crippen molar-refractivity contribution in [2.45, 2.75) is 56.7 Å². The number of aryl methyl sites for hydroxylation is 1. The second-order valence-corrected chi connectivity index (χ2v) is 14.4. The predicted molar refractivity (Wildman–Crippen MR) is 131 cm³/mol. The van der Waals surface area contributed by atoms with E-state index in [9.17, 15) is 9.59 Å². The van der Waals surface area contributed by atoms with Gasteiger partial charge in [-0.05, 0) is 37.7 Å². The van der Waals surface area contributed by atoms with E-state index >= 15 is 0 Å². The molecule has 0 aliphatic carbocycles. The minimum Gasteiger partial charge on any atom is -0.432 e. The smallest absolute Gasteiger partial charge is 0.264 e. The number of aromatic nitrogens is 3. The summed E-state index contributed by atoms with van der Waals surface area (Å²) in [7, 11) is -2.70. The summed E-state index contributed by atoms with van der Waals surface area (Å²) in [6.45, 7) is 10.7. The zero-order valence-electron chi connectivity index (χ0n) is 19.2. The van der Waals surface area contributed by atoms with Crippen LogP contribution >= 0.6 is 15.9 Å². The molecule has 0 unspecified atom stereocenters. The van der Waals surface area contributed by atoms with Crippen LogP contribution in [0.3, 0.4) is 0 Å². The summed E-state index contributed by atoms with van der Waals surface area (Å²) in [5.41, 5.74) is 1.12. The number of halogens is 1. The molecule has 0 radical (unpaired) electrons. The molecular formula is C23H31BrN4O4Si. The second-order valence-electron chi connectivity index (χ2n) is 9.46. The first-order valence-electron chi connectivity index (χ1n) is 11.3. The molecule has 8 nitrogen and oxygen atoms in total. The van der Waals surface area contributed by atoms with E-state index in [4.69, 9.17) is 9.84 Å². The number of ether oxygens (including phenoxy) is 1. The van der Waals surface area contributed by atoms with E-state index in [-0.39, 0.29) is 30.1 Å². The maximum Gasteiger partial charge on any atom is 0.264 e. The zero-order chi connectivity index (χ0) is 24.0. The highest BCUT2D eigenvalue weighted by molar-refractivity contribution is 9.10. The summed E-state index contributed by atoms with van der Waals surface area (Å²) in [4.78, 5) is 26.9. The van der Waals surface area contributed by atoms with E-state index < -0.39 is 13.9 Å². The van der Waals surface area contributed by atoms with Gasteiger partial charge < -0.3 is 19.5 Å². The lowest BCUT2D eigenvalue weighted by atomic mass is 9.82. The number of anilines is 1. The van der Waals surface area contributed by atoms with Crippen LogP contribution in [0.15, 0.2) is 41.5 Å². The Bertz CT molecular complexity index is 1060. The fraction of sp³-hybridized carbons (Fsp3) is 0.522. The summed E-state index contributed by atoms with van der Waals surface area (Å²) in [6, 6.07) is 5.83. The van der Waals surface area contributed by atoms with Gasteiger partial charge in [-0.2, -0.15) is 0 Å². The Kier molecular flexibility index (Phi) is 6.67. The number of benzene rings is 1. The number of carbonyl (C=O) groups is 1. The molecule has 3 heterocycles. The first-order chi connectivity index (χ1) is 15.6. The maximum atomic E-state index is 13.9. The molecule has 1 saturated heterocycles. The molecule has 1 aromatic carbocycles. The van der Waals surface area contributed by atoms with Gasteiger partial charge in [-0.25, -0.2) is 0 Å². The highest BCUT2D eigenvalue weighted by atomic mass is 79.9. The molecule has 2 N–H and O–H groups in total. The van der Waals surface area contributed by atoms with Crippen molar-refractivity contribution < 1.29 is 19.4 Å². The molecule has 4 rings (SSSR count). The number of hydrogen-bond donors (Lipinski definition) is 2. The number of nitrogens with zero attached hydrogens (tertiary/aromatic N) is 4. The zero-order valence-corrected chi connectivity index (χ0v) is 21.8. The SMILES string of the molecule is C=CCN1C(=O)[C@]2(O[C@H](CCn3cc(CCO)nn3)[C@@H]([Si](C)(C)O)[C@@H]2C)c2cc(Br)ccc21. The number of rotatable bonds is 8. The molecule has 2 aliphatic rings. The molecule has 1 spiro atoms. The summed E-state index contributed by atoms with van der Waals surface area (Å²) in [5, 5.41) is 17.4. The van der Waals surface area contributed by atoms with Gasteiger partial charge in [-0.15, -0.1) is 11.7 Å². The van der Waals surface area contributed by atoms with Crippen molar-refractivity contribution in [3.8, 4) is 0 Å². The van der Waals surface area contributed by atoms with Crippen LogP contribution in [-0.4, -0.2) is 58.4 Å². The molecule has 0 bridgehead atoms. The van der Waals surface area contributed by atoms with Gasteiger partial charge in [-0.1, -0.05) is 34.1 Å². The topological polar surface area (TPSA) is 101 Å². The van der Waals surface area contributed by atoms with Crippen LogP contribution in [0, 0.1) is 5.92 Å². The lowest BCUT2D eigenvalue weighted by Crippen LogP contribution is -2.46. The van der Waals surface area contributed by atoms with E-state index in [1.54, 1.807) is 15.7 Å². The van der Waals surface area contributed by atoms with Crippen molar-refractivity contribution >= 4 is 35.8 Å². The summed E-state index contributed by atoms with van der Waals surface area (Å²) >= 11 is 3.56. The Morgan fingerprint density at radius 3 is 2.82 bits per heavy atom. The Morgan fingerprint density at radius 1 is 1.39 bits per heavy atom. The standard InChI is InChI=1S/C23H31BrN4O4Si/c1-5-10-28-19-7-6-16(24)13-18(19)23(22(28)30)15(2)21(33(3,4)31)20(32-23)8-11-27-14-17(9-12-29)25-26-27/h5-7,13-15,20-21,29,31H,1,8-12H2,2-4H3/t15-,20+,21-,23+/m0/s1.